The van der Waals surface area contributed by atoms with Gasteiger partial charge in [0.15, 0.2) is 16.7 Å². The summed E-state index contributed by atoms with van der Waals surface area (Å²) in [6.45, 7) is 0. The van der Waals surface area contributed by atoms with Crippen LogP contribution in [0.1, 0.15) is 24.6 Å². The average Bonchev–Trinajstić information content (AvgIpc) is 3.19. The number of methoxy groups -OCH3 is 2. The minimum absolute atomic E-state index is 0.655. The highest BCUT2D eigenvalue weighted by molar-refractivity contribution is 7.98. The molecule has 0 saturated heterocycles. The zero-order valence-electron chi connectivity index (χ0n) is 14.1. The minimum atomic E-state index is 0.655. The predicted molar refractivity (Wildman–Crippen MR) is 101 cm³/mol. The van der Waals surface area contributed by atoms with Gasteiger partial charge in [-0.2, -0.15) is 0 Å². The van der Waals surface area contributed by atoms with E-state index in [0.29, 0.717) is 6.04 Å². The summed E-state index contributed by atoms with van der Waals surface area (Å²) in [5.74, 6) is 2.27. The molecule has 0 amide bonds. The highest BCUT2D eigenvalue weighted by Gasteiger charge is 2.25. The maximum Gasteiger partial charge on any atom is 0.168 e. The molecule has 7 heteroatoms. The summed E-state index contributed by atoms with van der Waals surface area (Å²) in [5.41, 5.74) is 2.11. The van der Waals surface area contributed by atoms with Gasteiger partial charge in [-0.25, -0.2) is 9.97 Å². The van der Waals surface area contributed by atoms with Crippen molar-refractivity contribution >= 4 is 23.1 Å². The highest BCUT2D eigenvalue weighted by Crippen LogP contribution is 2.38. The average molecular weight is 374 g/mol. The number of hydrogen-bond donors (Lipinski definition) is 0. The van der Waals surface area contributed by atoms with Crippen LogP contribution >= 0.6 is 23.1 Å². The zero-order chi connectivity index (χ0) is 17.2. The van der Waals surface area contributed by atoms with E-state index in [2.05, 4.69) is 21.1 Å². The summed E-state index contributed by atoms with van der Waals surface area (Å²) in [6, 6.07) is 6.55. The Hall–Kier alpha value is -1.99. The van der Waals surface area contributed by atoms with E-state index in [1.807, 2.05) is 24.4 Å². The van der Waals surface area contributed by atoms with Crippen LogP contribution in [0.3, 0.4) is 0 Å². The number of nitrogens with zero attached hydrogens (tertiary/aromatic N) is 3. The number of aromatic nitrogens is 3. The molecule has 0 N–H and O–H groups in total. The van der Waals surface area contributed by atoms with Gasteiger partial charge in [-0.1, -0.05) is 11.8 Å². The summed E-state index contributed by atoms with van der Waals surface area (Å²) >= 11 is 3.40. The molecule has 1 aliphatic rings. The number of imidazole rings is 1. The van der Waals surface area contributed by atoms with Crippen molar-refractivity contribution in [3.63, 3.8) is 0 Å². The molecule has 1 fully saturated rings. The largest absolute Gasteiger partial charge is 0.493 e. The Morgan fingerprint density at radius 3 is 2.84 bits per heavy atom. The summed E-state index contributed by atoms with van der Waals surface area (Å²) in [6.07, 6.45) is 6.50. The molecule has 2 aromatic heterocycles. The third kappa shape index (κ3) is 3.52. The van der Waals surface area contributed by atoms with E-state index in [4.69, 9.17) is 14.5 Å². The van der Waals surface area contributed by atoms with Crippen LogP contribution in [0, 0.1) is 0 Å². The van der Waals surface area contributed by atoms with Crippen molar-refractivity contribution in [2.45, 2.75) is 29.8 Å². The van der Waals surface area contributed by atoms with Gasteiger partial charge in [-0.3, -0.25) is 0 Å². The van der Waals surface area contributed by atoms with Gasteiger partial charge in [0.05, 0.1) is 19.9 Å². The van der Waals surface area contributed by atoms with Crippen molar-refractivity contribution in [1.29, 1.82) is 0 Å². The van der Waals surface area contributed by atoms with E-state index >= 15 is 0 Å². The molecule has 1 saturated carbocycles. The SMILES string of the molecule is COc1ccc(-c2nc(CSc3nccn3C3CC3)cs2)cc1OC. The van der Waals surface area contributed by atoms with Crippen LogP contribution in [-0.2, 0) is 5.75 Å². The first-order valence-electron chi connectivity index (χ1n) is 8.11. The van der Waals surface area contributed by atoms with Crippen molar-refractivity contribution in [2.24, 2.45) is 0 Å². The summed E-state index contributed by atoms with van der Waals surface area (Å²) in [5, 5.41) is 4.19. The lowest BCUT2D eigenvalue weighted by Gasteiger charge is -2.08. The number of benzene rings is 1. The van der Waals surface area contributed by atoms with Gasteiger partial charge in [0.2, 0.25) is 0 Å². The molecule has 1 aliphatic carbocycles. The first-order chi connectivity index (χ1) is 12.3. The molecule has 2 heterocycles. The third-order valence-corrected chi connectivity index (χ3v) is 6.06. The Labute approximate surface area is 155 Å². The summed E-state index contributed by atoms with van der Waals surface area (Å²) in [4.78, 5) is 9.24. The van der Waals surface area contributed by atoms with Crippen molar-refractivity contribution in [3.05, 3.63) is 41.7 Å². The van der Waals surface area contributed by atoms with Gasteiger partial charge in [0.1, 0.15) is 5.01 Å². The van der Waals surface area contributed by atoms with Crippen molar-refractivity contribution < 1.29 is 9.47 Å². The molecule has 0 bridgehead atoms. The third-order valence-electron chi connectivity index (χ3n) is 4.10. The Morgan fingerprint density at radius 1 is 1.24 bits per heavy atom. The Bertz CT molecular complexity index is 871. The fourth-order valence-corrected chi connectivity index (χ4v) is 4.50. The highest BCUT2D eigenvalue weighted by atomic mass is 32.2. The molecule has 1 aromatic carbocycles. The fourth-order valence-electron chi connectivity index (χ4n) is 2.66. The topological polar surface area (TPSA) is 49.2 Å². The van der Waals surface area contributed by atoms with Gasteiger partial charge < -0.3 is 14.0 Å². The second-order valence-corrected chi connectivity index (χ2v) is 7.65. The molecule has 0 atom stereocenters. The van der Waals surface area contributed by atoms with Gasteiger partial charge in [0.25, 0.3) is 0 Å². The molecule has 3 aromatic rings. The molecule has 4 rings (SSSR count). The van der Waals surface area contributed by atoms with Crippen molar-refractivity contribution in [3.8, 4) is 22.1 Å². The molecule has 0 spiro atoms. The summed E-state index contributed by atoms with van der Waals surface area (Å²) < 4.78 is 13.0. The predicted octanol–water partition coefficient (Wildman–Crippen LogP) is 4.65. The van der Waals surface area contributed by atoms with Crippen LogP contribution < -0.4 is 9.47 Å². The van der Waals surface area contributed by atoms with Gasteiger partial charge in [-0.15, -0.1) is 11.3 Å². The van der Waals surface area contributed by atoms with Crippen LogP contribution in [0.15, 0.2) is 41.1 Å². The van der Waals surface area contributed by atoms with Crippen LogP contribution in [0.2, 0.25) is 0 Å². The molecule has 25 heavy (non-hydrogen) atoms. The van der Waals surface area contributed by atoms with E-state index in [9.17, 15) is 0 Å². The first-order valence-corrected chi connectivity index (χ1v) is 9.97. The second-order valence-electron chi connectivity index (χ2n) is 5.85. The number of thiazole rings is 1. The lowest BCUT2D eigenvalue weighted by atomic mass is 10.2. The van der Waals surface area contributed by atoms with E-state index in [1.165, 1.54) is 12.8 Å². The second kappa shape index (κ2) is 7.09. The van der Waals surface area contributed by atoms with Crippen molar-refractivity contribution in [1.82, 2.24) is 14.5 Å². The number of ether oxygens (including phenoxy) is 2. The Morgan fingerprint density at radius 2 is 2.08 bits per heavy atom. The van der Waals surface area contributed by atoms with Gasteiger partial charge in [0, 0.05) is 35.1 Å². The van der Waals surface area contributed by atoms with Crippen molar-refractivity contribution in [2.75, 3.05) is 14.2 Å². The van der Waals surface area contributed by atoms with E-state index in [1.54, 1.807) is 37.3 Å². The van der Waals surface area contributed by atoms with Gasteiger partial charge >= 0.3 is 0 Å². The molecule has 0 unspecified atom stereocenters. The number of rotatable bonds is 7. The molecular formula is C18H19N3O2S2. The number of hydrogen-bond acceptors (Lipinski definition) is 6. The lowest BCUT2D eigenvalue weighted by Crippen LogP contribution is -1.94. The Balaban J connectivity index is 1.47. The van der Waals surface area contributed by atoms with E-state index < -0.39 is 0 Å². The number of thioether (sulfide) groups is 1. The normalized spacial score (nSPS) is 13.8. The smallest absolute Gasteiger partial charge is 0.168 e. The fraction of sp³-hybridized carbons (Fsp3) is 0.333. The molecular weight excluding hydrogens is 354 g/mol. The summed E-state index contributed by atoms with van der Waals surface area (Å²) in [7, 11) is 3.29. The maximum atomic E-state index is 5.38. The lowest BCUT2D eigenvalue weighted by molar-refractivity contribution is 0.355. The molecule has 130 valence electrons. The molecule has 0 aliphatic heterocycles. The van der Waals surface area contributed by atoms with Crippen LogP contribution in [-0.4, -0.2) is 28.8 Å². The monoisotopic (exact) mass is 373 g/mol. The van der Waals surface area contributed by atoms with Gasteiger partial charge in [-0.05, 0) is 31.0 Å². The first kappa shape index (κ1) is 16.5. The maximum absolute atomic E-state index is 5.38. The molecule has 5 nitrogen and oxygen atoms in total. The Kier molecular flexibility index (Phi) is 4.67. The zero-order valence-corrected chi connectivity index (χ0v) is 15.8. The minimum Gasteiger partial charge on any atom is -0.493 e. The van der Waals surface area contributed by atoms with Crippen LogP contribution in [0.4, 0.5) is 0 Å². The molecule has 0 radical (unpaired) electrons. The standard InChI is InChI=1S/C18H19N3O2S2/c1-22-15-6-3-12(9-16(15)23-2)17-20-13(10-24-17)11-25-18-19-7-8-21(18)14-4-5-14/h3,6-10,14H,4-5,11H2,1-2H3. The quantitative estimate of drug-likeness (QED) is 0.564. The van der Waals surface area contributed by atoms with E-state index in [-0.39, 0.29) is 0 Å². The van der Waals surface area contributed by atoms with Crippen LogP contribution in [0.25, 0.3) is 10.6 Å². The van der Waals surface area contributed by atoms with E-state index in [0.717, 1.165) is 38.7 Å². The van der Waals surface area contributed by atoms with Crippen LogP contribution in [0.5, 0.6) is 11.5 Å².